The molecule has 1 amide bonds. The van der Waals surface area contributed by atoms with E-state index < -0.39 is 0 Å². The van der Waals surface area contributed by atoms with Gasteiger partial charge in [0.15, 0.2) is 0 Å². The second-order valence-electron chi connectivity index (χ2n) is 7.69. The normalized spacial score (nSPS) is 15.2. The molecule has 25 heavy (non-hydrogen) atoms. The molecule has 0 saturated carbocycles. The molecule has 0 aliphatic carbocycles. The van der Waals surface area contributed by atoms with Crippen LogP contribution in [-0.4, -0.2) is 19.1 Å². The Hall–Kier alpha value is -2.49. The van der Waals surface area contributed by atoms with Crippen LogP contribution < -0.4 is 14.8 Å². The van der Waals surface area contributed by atoms with Crippen LogP contribution in [0.25, 0.3) is 0 Å². The van der Waals surface area contributed by atoms with Gasteiger partial charge in [-0.25, -0.2) is 0 Å². The third-order valence-corrected chi connectivity index (χ3v) is 4.89. The summed E-state index contributed by atoms with van der Waals surface area (Å²) in [5.41, 5.74) is 4.79. The standard InChI is InChI=1S/C21H23NO3/c1-21(2,3)14-4-6-15(7-5-14)22-20(23)18-16-9-11-24-17(16)12-13-8-10-25-19(13)18/h4-7,12H,8-11H2,1-3H3,(H,22,23). The molecule has 0 spiro atoms. The molecular formula is C21H23NO3. The number of hydrogen-bond acceptors (Lipinski definition) is 3. The molecule has 2 aromatic rings. The maximum Gasteiger partial charge on any atom is 0.259 e. The number of carbonyl (C=O) groups is 1. The lowest BCUT2D eigenvalue weighted by molar-refractivity contribution is 0.102. The van der Waals surface area contributed by atoms with Gasteiger partial charge in [-0.3, -0.25) is 4.79 Å². The van der Waals surface area contributed by atoms with Gasteiger partial charge in [-0.2, -0.15) is 0 Å². The zero-order valence-corrected chi connectivity index (χ0v) is 14.9. The van der Waals surface area contributed by atoms with Crippen LogP contribution >= 0.6 is 0 Å². The van der Waals surface area contributed by atoms with Gasteiger partial charge in [0.2, 0.25) is 0 Å². The van der Waals surface area contributed by atoms with Crippen molar-refractivity contribution in [3.05, 3.63) is 52.6 Å². The summed E-state index contributed by atoms with van der Waals surface area (Å²) in [6.45, 7) is 7.77. The molecule has 4 rings (SSSR count). The molecule has 4 nitrogen and oxygen atoms in total. The van der Waals surface area contributed by atoms with E-state index in [1.165, 1.54) is 5.56 Å². The number of fused-ring (bicyclic) bond motifs is 2. The number of anilines is 1. The van der Waals surface area contributed by atoms with Gasteiger partial charge in [0, 0.05) is 29.7 Å². The summed E-state index contributed by atoms with van der Waals surface area (Å²) in [5, 5.41) is 3.02. The van der Waals surface area contributed by atoms with E-state index in [1.807, 2.05) is 18.2 Å². The van der Waals surface area contributed by atoms with Crippen LogP contribution in [0.2, 0.25) is 0 Å². The Labute approximate surface area is 148 Å². The Morgan fingerprint density at radius 1 is 1.04 bits per heavy atom. The highest BCUT2D eigenvalue weighted by Gasteiger charge is 2.30. The third kappa shape index (κ3) is 2.86. The molecule has 2 aliphatic rings. The van der Waals surface area contributed by atoms with Crippen LogP contribution in [0.15, 0.2) is 30.3 Å². The molecule has 1 N–H and O–H groups in total. The third-order valence-electron chi connectivity index (χ3n) is 4.89. The summed E-state index contributed by atoms with van der Waals surface area (Å²) in [4.78, 5) is 13.0. The fourth-order valence-corrected chi connectivity index (χ4v) is 3.47. The van der Waals surface area contributed by atoms with Crippen molar-refractivity contribution in [1.82, 2.24) is 0 Å². The lowest BCUT2D eigenvalue weighted by Crippen LogP contribution is -2.16. The van der Waals surface area contributed by atoms with Gasteiger partial charge in [-0.15, -0.1) is 0 Å². The molecule has 0 atom stereocenters. The van der Waals surface area contributed by atoms with Crippen molar-refractivity contribution in [2.24, 2.45) is 0 Å². The Morgan fingerprint density at radius 2 is 1.76 bits per heavy atom. The van der Waals surface area contributed by atoms with Crippen LogP contribution in [0.1, 0.15) is 47.8 Å². The fraction of sp³-hybridized carbons (Fsp3) is 0.381. The summed E-state index contributed by atoms with van der Waals surface area (Å²) in [6.07, 6.45) is 1.57. The van der Waals surface area contributed by atoms with Gasteiger partial charge in [0.05, 0.1) is 18.8 Å². The zero-order chi connectivity index (χ0) is 17.6. The zero-order valence-electron chi connectivity index (χ0n) is 14.9. The largest absolute Gasteiger partial charge is 0.493 e. The van der Waals surface area contributed by atoms with Crippen LogP contribution in [0.5, 0.6) is 11.5 Å². The van der Waals surface area contributed by atoms with E-state index in [1.54, 1.807) is 0 Å². The monoisotopic (exact) mass is 337 g/mol. The quantitative estimate of drug-likeness (QED) is 0.897. The minimum Gasteiger partial charge on any atom is -0.493 e. The summed E-state index contributed by atoms with van der Waals surface area (Å²) in [7, 11) is 0. The summed E-state index contributed by atoms with van der Waals surface area (Å²) < 4.78 is 11.4. The average Bonchev–Trinajstić information content (AvgIpc) is 3.20. The number of hydrogen-bond donors (Lipinski definition) is 1. The van der Waals surface area contributed by atoms with E-state index in [0.717, 1.165) is 41.2 Å². The van der Waals surface area contributed by atoms with Gasteiger partial charge >= 0.3 is 0 Å². The molecule has 130 valence electrons. The first-order chi connectivity index (χ1) is 11.9. The summed E-state index contributed by atoms with van der Waals surface area (Å²) >= 11 is 0. The Kier molecular flexibility index (Phi) is 3.71. The van der Waals surface area contributed by atoms with Crippen molar-refractivity contribution in [3.63, 3.8) is 0 Å². The molecule has 0 unspecified atom stereocenters. The van der Waals surface area contributed by atoms with Crippen LogP contribution in [0, 0.1) is 0 Å². The van der Waals surface area contributed by atoms with Crippen LogP contribution in [-0.2, 0) is 18.3 Å². The van der Waals surface area contributed by atoms with Crippen molar-refractivity contribution in [2.45, 2.75) is 39.0 Å². The molecule has 4 heteroatoms. The van der Waals surface area contributed by atoms with Crippen molar-refractivity contribution in [2.75, 3.05) is 18.5 Å². The summed E-state index contributed by atoms with van der Waals surface area (Å²) in [6, 6.07) is 10.1. The lowest BCUT2D eigenvalue weighted by Gasteiger charge is -2.19. The first-order valence-electron chi connectivity index (χ1n) is 8.80. The van der Waals surface area contributed by atoms with Gasteiger partial charge in [0.1, 0.15) is 11.5 Å². The minimum atomic E-state index is -0.121. The second kappa shape index (κ2) is 5.80. The highest BCUT2D eigenvalue weighted by atomic mass is 16.5. The SMILES string of the molecule is CC(C)(C)c1ccc(NC(=O)c2c3c(cc4c2OCC4)OCC3)cc1. The predicted molar refractivity (Wildman–Crippen MR) is 97.9 cm³/mol. The minimum absolute atomic E-state index is 0.0921. The fourth-order valence-electron chi connectivity index (χ4n) is 3.47. The molecule has 2 aromatic carbocycles. The van der Waals surface area contributed by atoms with Gasteiger partial charge < -0.3 is 14.8 Å². The first kappa shape index (κ1) is 16.0. The van der Waals surface area contributed by atoms with Gasteiger partial charge in [-0.1, -0.05) is 32.9 Å². The molecule has 0 bridgehead atoms. The molecule has 2 heterocycles. The van der Waals surface area contributed by atoms with E-state index in [0.29, 0.717) is 18.8 Å². The maximum atomic E-state index is 13.0. The number of benzene rings is 2. The van der Waals surface area contributed by atoms with Gasteiger partial charge in [-0.05, 0) is 29.2 Å². The number of amides is 1. The van der Waals surface area contributed by atoms with Crippen LogP contribution in [0.3, 0.4) is 0 Å². The first-order valence-corrected chi connectivity index (χ1v) is 8.80. The van der Waals surface area contributed by atoms with Crippen molar-refractivity contribution < 1.29 is 14.3 Å². The highest BCUT2D eigenvalue weighted by molar-refractivity contribution is 6.08. The molecule has 0 fully saturated rings. The molecular weight excluding hydrogens is 314 g/mol. The molecule has 0 aromatic heterocycles. The van der Waals surface area contributed by atoms with E-state index >= 15 is 0 Å². The Balaban J connectivity index is 1.64. The Bertz CT molecular complexity index is 799. The molecule has 2 aliphatic heterocycles. The molecule has 0 radical (unpaired) electrons. The molecule has 0 saturated heterocycles. The predicted octanol–water partition coefficient (Wildman–Crippen LogP) is 4.11. The number of ether oxygens (including phenoxy) is 2. The Morgan fingerprint density at radius 3 is 2.48 bits per heavy atom. The lowest BCUT2D eigenvalue weighted by atomic mass is 9.87. The topological polar surface area (TPSA) is 47.6 Å². The van der Waals surface area contributed by atoms with Crippen molar-refractivity contribution in [1.29, 1.82) is 0 Å². The van der Waals surface area contributed by atoms with Crippen molar-refractivity contribution in [3.8, 4) is 11.5 Å². The maximum absolute atomic E-state index is 13.0. The second-order valence-corrected chi connectivity index (χ2v) is 7.69. The van der Waals surface area contributed by atoms with Gasteiger partial charge in [0.25, 0.3) is 5.91 Å². The number of rotatable bonds is 2. The highest BCUT2D eigenvalue weighted by Crippen LogP contribution is 2.40. The van der Waals surface area contributed by atoms with E-state index in [-0.39, 0.29) is 11.3 Å². The van der Waals surface area contributed by atoms with Crippen molar-refractivity contribution >= 4 is 11.6 Å². The summed E-state index contributed by atoms with van der Waals surface area (Å²) in [5.74, 6) is 1.44. The van der Waals surface area contributed by atoms with E-state index in [9.17, 15) is 4.79 Å². The average molecular weight is 337 g/mol. The number of carbonyl (C=O) groups excluding carboxylic acids is 1. The van der Waals surface area contributed by atoms with E-state index in [2.05, 4.69) is 38.2 Å². The van der Waals surface area contributed by atoms with Crippen LogP contribution in [0.4, 0.5) is 5.69 Å². The van der Waals surface area contributed by atoms with E-state index in [4.69, 9.17) is 9.47 Å². The number of nitrogens with one attached hydrogen (secondary N) is 1. The smallest absolute Gasteiger partial charge is 0.259 e.